The summed E-state index contributed by atoms with van der Waals surface area (Å²) < 4.78 is 13.5. The molecule has 0 N–H and O–H groups in total. The summed E-state index contributed by atoms with van der Waals surface area (Å²) in [5.74, 6) is 0.0554. The average Bonchev–Trinajstić information content (AvgIpc) is 1.85. The van der Waals surface area contributed by atoms with Crippen molar-refractivity contribution in [2.24, 2.45) is 5.41 Å². The Balaban J connectivity index is 4.34. The lowest BCUT2D eigenvalue weighted by molar-refractivity contribution is -0.126. The molecule has 0 bridgehead atoms. The molecular formula is C10H19FO. The molecule has 1 nitrogen and oxygen atoms in total. The van der Waals surface area contributed by atoms with Crippen LogP contribution in [0.25, 0.3) is 0 Å². The van der Waals surface area contributed by atoms with Gasteiger partial charge in [-0.1, -0.05) is 20.8 Å². The first-order valence-electron chi connectivity index (χ1n) is 4.41. The van der Waals surface area contributed by atoms with Gasteiger partial charge in [0.05, 0.1) is 0 Å². The quantitative estimate of drug-likeness (QED) is 0.640. The molecule has 0 aliphatic carbocycles. The molecule has 0 amide bonds. The van der Waals surface area contributed by atoms with Gasteiger partial charge in [-0.3, -0.25) is 4.79 Å². The van der Waals surface area contributed by atoms with Crippen LogP contribution in [0.1, 0.15) is 47.5 Å². The zero-order chi connectivity index (χ0) is 9.99. The van der Waals surface area contributed by atoms with Crippen LogP contribution in [0.3, 0.4) is 0 Å². The fourth-order valence-electron chi connectivity index (χ4n) is 1.17. The molecule has 0 spiro atoms. The fourth-order valence-corrected chi connectivity index (χ4v) is 1.17. The Morgan fingerprint density at radius 2 is 1.75 bits per heavy atom. The van der Waals surface area contributed by atoms with E-state index in [2.05, 4.69) is 0 Å². The van der Waals surface area contributed by atoms with E-state index in [9.17, 15) is 9.18 Å². The molecule has 0 aromatic heterocycles. The van der Waals surface area contributed by atoms with Crippen molar-refractivity contribution in [3.63, 3.8) is 0 Å². The number of Topliss-reactive ketones (excluding diaryl/α,β-unsaturated/α-hetero) is 1. The maximum absolute atomic E-state index is 13.5. The number of halogens is 1. The molecule has 0 rings (SSSR count). The molecule has 0 radical (unpaired) electrons. The number of hydrogen-bond acceptors (Lipinski definition) is 1. The third-order valence-corrected chi connectivity index (χ3v) is 2.50. The summed E-state index contributed by atoms with van der Waals surface area (Å²) in [7, 11) is 0. The van der Waals surface area contributed by atoms with E-state index in [0.717, 1.165) is 0 Å². The predicted molar refractivity (Wildman–Crippen MR) is 48.9 cm³/mol. The van der Waals surface area contributed by atoms with Crippen LogP contribution < -0.4 is 0 Å². The number of rotatable bonds is 4. The molecule has 0 aromatic carbocycles. The van der Waals surface area contributed by atoms with Crippen molar-refractivity contribution in [2.45, 2.75) is 53.1 Å². The van der Waals surface area contributed by atoms with Gasteiger partial charge in [0.25, 0.3) is 0 Å². The van der Waals surface area contributed by atoms with Crippen molar-refractivity contribution in [1.82, 2.24) is 0 Å². The molecule has 72 valence electrons. The molecule has 0 aromatic rings. The van der Waals surface area contributed by atoms with Crippen LogP contribution in [0.5, 0.6) is 0 Å². The van der Waals surface area contributed by atoms with Gasteiger partial charge in [-0.25, -0.2) is 4.39 Å². The van der Waals surface area contributed by atoms with Gasteiger partial charge in [0.1, 0.15) is 11.5 Å². The van der Waals surface area contributed by atoms with E-state index < -0.39 is 11.1 Å². The van der Waals surface area contributed by atoms with Gasteiger partial charge < -0.3 is 0 Å². The van der Waals surface area contributed by atoms with Crippen LogP contribution >= 0.6 is 0 Å². The standard InChI is InChI=1S/C10H19FO/c1-6-10(5,11)7-9(3,4)8(2)12/h6-7H2,1-5H3. The number of alkyl halides is 1. The van der Waals surface area contributed by atoms with Crippen molar-refractivity contribution in [2.75, 3.05) is 0 Å². The lowest BCUT2D eigenvalue weighted by Gasteiger charge is -2.29. The molecule has 0 fully saturated rings. The Kier molecular flexibility index (Phi) is 3.43. The van der Waals surface area contributed by atoms with Gasteiger partial charge in [0.2, 0.25) is 0 Å². The molecule has 0 aliphatic rings. The van der Waals surface area contributed by atoms with E-state index >= 15 is 0 Å². The molecular weight excluding hydrogens is 155 g/mol. The smallest absolute Gasteiger partial charge is 0.135 e. The van der Waals surface area contributed by atoms with Crippen molar-refractivity contribution < 1.29 is 9.18 Å². The SMILES string of the molecule is CCC(C)(F)CC(C)(C)C(C)=O. The maximum atomic E-state index is 13.5. The summed E-state index contributed by atoms with van der Waals surface area (Å²) in [5.41, 5.74) is -1.74. The second-order valence-corrected chi connectivity index (χ2v) is 4.38. The number of carbonyl (C=O) groups is 1. The summed E-state index contributed by atoms with van der Waals surface area (Å²) in [6.07, 6.45) is 0.773. The minimum atomic E-state index is -1.21. The van der Waals surface area contributed by atoms with Crippen LogP contribution in [0.2, 0.25) is 0 Å². The van der Waals surface area contributed by atoms with Crippen molar-refractivity contribution in [3.8, 4) is 0 Å². The first kappa shape index (κ1) is 11.6. The summed E-state index contributed by atoms with van der Waals surface area (Å²) in [4.78, 5) is 11.1. The monoisotopic (exact) mass is 174 g/mol. The zero-order valence-corrected chi connectivity index (χ0v) is 8.70. The highest BCUT2D eigenvalue weighted by Gasteiger charge is 2.33. The molecule has 0 saturated heterocycles. The molecule has 2 heteroatoms. The molecule has 1 unspecified atom stereocenters. The van der Waals surface area contributed by atoms with E-state index in [4.69, 9.17) is 0 Å². The van der Waals surface area contributed by atoms with Gasteiger partial charge in [0, 0.05) is 5.41 Å². The van der Waals surface area contributed by atoms with Gasteiger partial charge in [-0.05, 0) is 26.7 Å². The second-order valence-electron chi connectivity index (χ2n) is 4.38. The topological polar surface area (TPSA) is 17.1 Å². The largest absolute Gasteiger partial charge is 0.299 e. The van der Waals surface area contributed by atoms with E-state index in [0.29, 0.717) is 12.8 Å². The van der Waals surface area contributed by atoms with E-state index in [1.165, 1.54) is 6.92 Å². The minimum Gasteiger partial charge on any atom is -0.299 e. The Hall–Kier alpha value is -0.400. The first-order valence-corrected chi connectivity index (χ1v) is 4.41. The predicted octanol–water partition coefficient (Wildman–Crippen LogP) is 3.13. The van der Waals surface area contributed by atoms with Crippen LogP contribution in [-0.2, 0) is 4.79 Å². The Bertz CT molecular complexity index is 171. The summed E-state index contributed by atoms with van der Waals surface area (Å²) in [5, 5.41) is 0. The highest BCUT2D eigenvalue weighted by molar-refractivity contribution is 5.81. The minimum absolute atomic E-state index is 0.0554. The van der Waals surface area contributed by atoms with E-state index in [-0.39, 0.29) is 5.78 Å². The molecule has 0 aliphatic heterocycles. The fraction of sp³-hybridized carbons (Fsp3) is 0.900. The Morgan fingerprint density at radius 1 is 1.33 bits per heavy atom. The maximum Gasteiger partial charge on any atom is 0.135 e. The Labute approximate surface area is 74.4 Å². The van der Waals surface area contributed by atoms with Gasteiger partial charge in [-0.15, -0.1) is 0 Å². The lowest BCUT2D eigenvalue weighted by atomic mass is 9.78. The van der Waals surface area contributed by atoms with Gasteiger partial charge in [0.15, 0.2) is 0 Å². The van der Waals surface area contributed by atoms with Gasteiger partial charge >= 0.3 is 0 Å². The summed E-state index contributed by atoms with van der Waals surface area (Å²) >= 11 is 0. The second kappa shape index (κ2) is 3.55. The highest BCUT2D eigenvalue weighted by atomic mass is 19.1. The van der Waals surface area contributed by atoms with Crippen LogP contribution in [0.4, 0.5) is 4.39 Å². The third-order valence-electron chi connectivity index (χ3n) is 2.50. The molecule has 1 atom stereocenters. The first-order chi connectivity index (χ1) is 5.21. The van der Waals surface area contributed by atoms with Crippen molar-refractivity contribution >= 4 is 5.78 Å². The van der Waals surface area contributed by atoms with E-state index in [1.807, 2.05) is 0 Å². The molecule has 12 heavy (non-hydrogen) atoms. The van der Waals surface area contributed by atoms with Crippen LogP contribution in [-0.4, -0.2) is 11.5 Å². The highest BCUT2D eigenvalue weighted by Crippen LogP contribution is 2.33. The Morgan fingerprint density at radius 3 is 2.00 bits per heavy atom. The number of ketones is 1. The zero-order valence-electron chi connectivity index (χ0n) is 8.70. The number of hydrogen-bond donors (Lipinski definition) is 0. The van der Waals surface area contributed by atoms with Crippen LogP contribution in [0.15, 0.2) is 0 Å². The summed E-state index contributed by atoms with van der Waals surface area (Å²) in [6.45, 7) is 8.46. The number of carbonyl (C=O) groups excluding carboxylic acids is 1. The van der Waals surface area contributed by atoms with E-state index in [1.54, 1.807) is 27.7 Å². The van der Waals surface area contributed by atoms with Crippen LogP contribution in [0, 0.1) is 5.41 Å². The third kappa shape index (κ3) is 3.33. The molecule has 0 heterocycles. The molecule has 0 saturated carbocycles. The lowest BCUT2D eigenvalue weighted by Crippen LogP contribution is -2.31. The van der Waals surface area contributed by atoms with Crippen molar-refractivity contribution in [3.05, 3.63) is 0 Å². The van der Waals surface area contributed by atoms with Gasteiger partial charge in [-0.2, -0.15) is 0 Å². The average molecular weight is 174 g/mol. The normalized spacial score (nSPS) is 17.2. The summed E-state index contributed by atoms with van der Waals surface area (Å²) in [6, 6.07) is 0. The van der Waals surface area contributed by atoms with Crippen molar-refractivity contribution in [1.29, 1.82) is 0 Å².